The Labute approximate surface area is 167 Å². The quantitative estimate of drug-likeness (QED) is 0.515. The third-order valence-electron chi connectivity index (χ3n) is 3.99. The molecule has 1 atom stereocenters. The second kappa shape index (κ2) is 9.99. The molecule has 0 bridgehead atoms. The topological polar surface area (TPSA) is 72.5 Å². The van der Waals surface area contributed by atoms with Gasteiger partial charge in [0.05, 0.1) is 6.42 Å². The minimum absolute atomic E-state index is 0.0287. The maximum Gasteiger partial charge on any atom is 0.311 e. The largest absolute Gasteiger partial charge is 0.454 e. The van der Waals surface area contributed by atoms with E-state index in [-0.39, 0.29) is 22.9 Å². The van der Waals surface area contributed by atoms with Crippen LogP contribution in [-0.4, -0.2) is 23.8 Å². The Morgan fingerprint density at radius 2 is 1.82 bits per heavy atom. The predicted molar refractivity (Wildman–Crippen MR) is 105 cm³/mol. The molecule has 0 aromatic heterocycles. The van der Waals surface area contributed by atoms with Crippen LogP contribution in [0.15, 0.2) is 42.5 Å². The van der Waals surface area contributed by atoms with Gasteiger partial charge in [0.2, 0.25) is 11.7 Å². The highest BCUT2D eigenvalue weighted by Gasteiger charge is 2.21. The van der Waals surface area contributed by atoms with E-state index >= 15 is 0 Å². The Balaban J connectivity index is 1.96. The van der Waals surface area contributed by atoms with Crippen LogP contribution < -0.4 is 5.32 Å². The first-order valence-electron chi connectivity index (χ1n) is 8.88. The Morgan fingerprint density at radius 3 is 2.43 bits per heavy atom. The molecule has 0 fully saturated rings. The highest BCUT2D eigenvalue weighted by atomic mass is 35.5. The number of carbonyl (C=O) groups is 3. The molecule has 1 N–H and O–H groups in total. The number of rotatable bonds is 8. The smallest absolute Gasteiger partial charge is 0.311 e. The van der Waals surface area contributed by atoms with Gasteiger partial charge in [-0.15, -0.1) is 0 Å². The number of ketones is 1. The molecule has 0 aliphatic rings. The zero-order valence-electron chi connectivity index (χ0n) is 15.6. The molecule has 2 aromatic carbocycles. The minimum atomic E-state index is -1.04. The van der Waals surface area contributed by atoms with Gasteiger partial charge in [0.15, 0.2) is 6.10 Å². The van der Waals surface area contributed by atoms with Crippen LogP contribution >= 0.6 is 11.6 Å². The highest BCUT2D eigenvalue weighted by Crippen LogP contribution is 2.20. The third kappa shape index (κ3) is 5.89. The van der Waals surface area contributed by atoms with Gasteiger partial charge in [0, 0.05) is 28.3 Å². The number of esters is 1. The average molecular weight is 406 g/mol. The molecule has 0 saturated carbocycles. The number of nitrogens with one attached hydrogen (secondary N) is 1. The molecule has 0 aliphatic carbocycles. The monoisotopic (exact) mass is 405 g/mol. The molecule has 148 valence electrons. The van der Waals surface area contributed by atoms with Crippen LogP contribution in [0.2, 0.25) is 5.02 Å². The number of carbonyl (C=O) groups excluding carboxylic acids is 3. The molecule has 1 unspecified atom stereocenters. The van der Waals surface area contributed by atoms with E-state index in [4.69, 9.17) is 16.3 Å². The lowest BCUT2D eigenvalue weighted by atomic mass is 10.1. The fourth-order valence-electron chi connectivity index (χ4n) is 2.54. The summed E-state index contributed by atoms with van der Waals surface area (Å²) in [6, 6.07) is 10.4. The number of amides is 1. The van der Waals surface area contributed by atoms with Crippen molar-refractivity contribution in [2.75, 3.05) is 5.32 Å². The summed E-state index contributed by atoms with van der Waals surface area (Å²) in [6.07, 6.45) is -0.257. The van der Waals surface area contributed by atoms with Crippen molar-refractivity contribution < 1.29 is 23.5 Å². The minimum Gasteiger partial charge on any atom is -0.454 e. The summed E-state index contributed by atoms with van der Waals surface area (Å²) in [7, 11) is 0. The Morgan fingerprint density at radius 1 is 1.14 bits per heavy atom. The number of anilines is 1. The van der Waals surface area contributed by atoms with Gasteiger partial charge in [-0.1, -0.05) is 24.6 Å². The van der Waals surface area contributed by atoms with Crippen molar-refractivity contribution in [3.63, 3.8) is 0 Å². The van der Waals surface area contributed by atoms with E-state index < -0.39 is 23.7 Å². The van der Waals surface area contributed by atoms with E-state index in [0.717, 1.165) is 6.42 Å². The number of Topliss-reactive ketones (excluding diaryl/α,β-unsaturated/α-hetero) is 1. The molecule has 0 aliphatic heterocycles. The molecule has 5 nitrogen and oxygen atoms in total. The van der Waals surface area contributed by atoms with Crippen molar-refractivity contribution in [2.24, 2.45) is 0 Å². The second-order valence-electron chi connectivity index (χ2n) is 6.25. The van der Waals surface area contributed by atoms with Gasteiger partial charge in [-0.2, -0.15) is 0 Å². The molecule has 1 amide bonds. The summed E-state index contributed by atoms with van der Waals surface area (Å²) >= 11 is 5.89. The van der Waals surface area contributed by atoms with Gasteiger partial charge >= 0.3 is 5.97 Å². The van der Waals surface area contributed by atoms with E-state index in [0.29, 0.717) is 17.7 Å². The van der Waals surface area contributed by atoms with Crippen LogP contribution in [0.25, 0.3) is 0 Å². The molecular weight excluding hydrogens is 385 g/mol. The molecular formula is C21H21ClFNO4. The molecule has 0 heterocycles. The summed E-state index contributed by atoms with van der Waals surface area (Å²) in [5.74, 6) is -1.87. The van der Waals surface area contributed by atoms with Crippen LogP contribution in [0.4, 0.5) is 10.1 Å². The summed E-state index contributed by atoms with van der Waals surface area (Å²) in [5, 5.41) is 2.85. The Kier molecular flexibility index (Phi) is 7.70. The summed E-state index contributed by atoms with van der Waals surface area (Å²) < 4.78 is 18.9. The predicted octanol–water partition coefficient (Wildman–Crippen LogP) is 4.57. The summed E-state index contributed by atoms with van der Waals surface area (Å²) in [6.45, 7) is 3.35. The molecule has 0 spiro atoms. The van der Waals surface area contributed by atoms with E-state index in [1.165, 1.54) is 25.1 Å². The lowest BCUT2D eigenvalue weighted by Crippen LogP contribution is -2.25. The van der Waals surface area contributed by atoms with E-state index in [1.54, 1.807) is 24.3 Å². The fraction of sp³-hybridized carbons (Fsp3) is 0.286. The van der Waals surface area contributed by atoms with Crippen molar-refractivity contribution in [2.45, 2.75) is 39.2 Å². The molecule has 2 aromatic rings. The van der Waals surface area contributed by atoms with Crippen molar-refractivity contribution in [1.82, 2.24) is 0 Å². The number of hydrogen-bond donors (Lipinski definition) is 1. The van der Waals surface area contributed by atoms with Crippen molar-refractivity contribution in [1.29, 1.82) is 0 Å². The molecule has 0 saturated heterocycles. The van der Waals surface area contributed by atoms with Crippen LogP contribution in [-0.2, 0) is 20.7 Å². The zero-order valence-corrected chi connectivity index (χ0v) is 16.4. The Bertz CT molecular complexity index is 847. The number of hydrogen-bond acceptors (Lipinski definition) is 4. The van der Waals surface area contributed by atoms with Gasteiger partial charge in [-0.25, -0.2) is 4.39 Å². The first-order valence-corrected chi connectivity index (χ1v) is 9.26. The average Bonchev–Trinajstić information content (AvgIpc) is 2.65. The summed E-state index contributed by atoms with van der Waals surface area (Å²) in [5.41, 5.74) is 0.938. The van der Waals surface area contributed by atoms with Gasteiger partial charge < -0.3 is 10.1 Å². The SMILES string of the molecule is CCCC(=O)Nc1ccc(C(=O)C(C)OC(=O)Cc2c(F)cccc2Cl)cc1. The van der Waals surface area contributed by atoms with Gasteiger partial charge in [-0.3, -0.25) is 14.4 Å². The van der Waals surface area contributed by atoms with Crippen molar-refractivity contribution in [3.05, 3.63) is 64.4 Å². The van der Waals surface area contributed by atoms with Crippen molar-refractivity contribution in [3.8, 4) is 0 Å². The standard InChI is InChI=1S/C21H21ClFNO4/c1-3-5-19(25)24-15-10-8-14(9-11-15)21(27)13(2)28-20(26)12-16-17(22)6-4-7-18(16)23/h4,6-11,13H,3,5,12H2,1-2H3,(H,24,25). The normalized spacial score (nSPS) is 11.6. The molecule has 0 radical (unpaired) electrons. The number of halogens is 2. The number of benzene rings is 2. The highest BCUT2D eigenvalue weighted by molar-refractivity contribution is 6.31. The lowest BCUT2D eigenvalue weighted by molar-refractivity contribution is -0.145. The zero-order chi connectivity index (χ0) is 20.7. The number of ether oxygens (including phenoxy) is 1. The second-order valence-corrected chi connectivity index (χ2v) is 6.66. The molecule has 2 rings (SSSR count). The van der Waals surface area contributed by atoms with Gasteiger partial charge in [-0.05, 0) is 49.7 Å². The lowest BCUT2D eigenvalue weighted by Gasteiger charge is -2.13. The first-order chi connectivity index (χ1) is 13.3. The van der Waals surface area contributed by atoms with E-state index in [1.807, 2.05) is 6.92 Å². The Hall–Kier alpha value is -2.73. The molecule has 28 heavy (non-hydrogen) atoms. The molecule has 7 heteroatoms. The van der Waals surface area contributed by atoms with Gasteiger partial charge in [0.1, 0.15) is 5.82 Å². The van der Waals surface area contributed by atoms with Crippen molar-refractivity contribution >= 4 is 34.9 Å². The van der Waals surface area contributed by atoms with E-state index in [2.05, 4.69) is 5.32 Å². The fourth-order valence-corrected chi connectivity index (χ4v) is 2.77. The van der Waals surface area contributed by atoms with E-state index in [9.17, 15) is 18.8 Å². The maximum atomic E-state index is 13.8. The first kappa shape index (κ1) is 21.6. The maximum absolute atomic E-state index is 13.8. The summed E-state index contributed by atoms with van der Waals surface area (Å²) in [4.78, 5) is 36.1. The van der Waals surface area contributed by atoms with Gasteiger partial charge in [0.25, 0.3) is 0 Å². The van der Waals surface area contributed by atoms with Crippen LogP contribution in [0.3, 0.4) is 0 Å². The van der Waals surface area contributed by atoms with Crippen LogP contribution in [0.5, 0.6) is 0 Å². The third-order valence-corrected chi connectivity index (χ3v) is 4.34. The van der Waals surface area contributed by atoms with Crippen LogP contribution in [0.1, 0.15) is 42.6 Å². The van der Waals surface area contributed by atoms with Crippen LogP contribution in [0, 0.1) is 5.82 Å².